The Balaban J connectivity index is 1.40. The molecule has 1 aromatic heterocycles. The first kappa shape index (κ1) is 11.7. The summed E-state index contributed by atoms with van der Waals surface area (Å²) in [6.07, 6.45) is 2.21. The van der Waals surface area contributed by atoms with Crippen LogP contribution in [-0.4, -0.2) is 35.0 Å². The number of nitrogens with zero attached hydrogens (tertiary/aromatic N) is 2. The van der Waals surface area contributed by atoms with E-state index in [9.17, 15) is 4.79 Å². The summed E-state index contributed by atoms with van der Waals surface area (Å²) in [5.74, 6) is 1.25. The number of hydrogen-bond acceptors (Lipinski definition) is 3. The Kier molecular flexibility index (Phi) is 2.62. The Morgan fingerprint density at radius 3 is 2.75 bits per heavy atom. The molecule has 102 valence electrons. The monoisotopic (exact) mass is 268 g/mol. The van der Waals surface area contributed by atoms with Crippen molar-refractivity contribution in [1.82, 2.24) is 9.88 Å². The van der Waals surface area contributed by atoms with Crippen molar-refractivity contribution in [3.63, 3.8) is 0 Å². The molecule has 2 fully saturated rings. The second-order valence-electron chi connectivity index (χ2n) is 5.60. The molecule has 4 rings (SSSR count). The minimum Gasteiger partial charge on any atom is -0.471 e. The quantitative estimate of drug-likeness (QED) is 0.857. The second kappa shape index (κ2) is 4.47. The maximum absolute atomic E-state index is 11.8. The fourth-order valence-electron chi connectivity index (χ4n) is 2.56. The number of rotatable bonds is 3. The van der Waals surface area contributed by atoms with Crippen molar-refractivity contribution in [2.45, 2.75) is 18.9 Å². The van der Waals surface area contributed by atoms with Gasteiger partial charge in [-0.25, -0.2) is 4.98 Å². The average molecular weight is 268 g/mol. The highest BCUT2D eigenvalue weighted by Crippen LogP contribution is 2.33. The first-order valence-electron chi connectivity index (χ1n) is 7.11. The number of amides is 1. The molecule has 1 aliphatic heterocycles. The number of fused-ring (bicyclic) bond motifs is 1. The van der Waals surface area contributed by atoms with Crippen LogP contribution in [0, 0.1) is 5.92 Å². The van der Waals surface area contributed by atoms with Gasteiger partial charge in [0.15, 0.2) is 0 Å². The SMILES string of the molecule is O=C(C1CC1)N1CC(Oc2ccc3ccccc3n2)C1. The summed E-state index contributed by atoms with van der Waals surface area (Å²) in [4.78, 5) is 18.2. The van der Waals surface area contributed by atoms with Crippen molar-refractivity contribution in [2.24, 2.45) is 5.92 Å². The van der Waals surface area contributed by atoms with E-state index in [0.29, 0.717) is 30.8 Å². The molecule has 0 bridgehead atoms. The Bertz CT molecular complexity index is 660. The summed E-state index contributed by atoms with van der Waals surface area (Å²) in [6, 6.07) is 11.9. The Labute approximate surface area is 117 Å². The van der Waals surface area contributed by atoms with Crippen molar-refractivity contribution in [2.75, 3.05) is 13.1 Å². The lowest BCUT2D eigenvalue weighted by molar-refractivity contribution is -0.141. The van der Waals surface area contributed by atoms with Gasteiger partial charge in [0.05, 0.1) is 18.6 Å². The van der Waals surface area contributed by atoms with Crippen molar-refractivity contribution < 1.29 is 9.53 Å². The van der Waals surface area contributed by atoms with E-state index in [2.05, 4.69) is 4.98 Å². The molecular formula is C16H16N2O2. The lowest BCUT2D eigenvalue weighted by Crippen LogP contribution is -2.56. The van der Waals surface area contributed by atoms with Gasteiger partial charge in [0, 0.05) is 17.4 Å². The first-order valence-corrected chi connectivity index (χ1v) is 7.11. The van der Waals surface area contributed by atoms with E-state index in [1.807, 2.05) is 41.3 Å². The lowest BCUT2D eigenvalue weighted by atomic mass is 10.1. The van der Waals surface area contributed by atoms with Gasteiger partial charge in [-0.15, -0.1) is 0 Å². The van der Waals surface area contributed by atoms with Crippen molar-refractivity contribution in [1.29, 1.82) is 0 Å². The molecular weight excluding hydrogens is 252 g/mol. The fourth-order valence-corrected chi connectivity index (χ4v) is 2.56. The molecule has 4 heteroatoms. The molecule has 1 amide bonds. The predicted octanol–water partition coefficient (Wildman–Crippen LogP) is 2.23. The molecule has 0 atom stereocenters. The summed E-state index contributed by atoms with van der Waals surface area (Å²) < 4.78 is 5.83. The standard InChI is InChI=1S/C16H16N2O2/c19-16(12-5-6-12)18-9-13(10-18)20-15-8-7-11-3-1-2-4-14(11)17-15/h1-4,7-8,12-13H,5-6,9-10H2. The number of benzene rings is 1. The van der Waals surface area contributed by atoms with Crippen LogP contribution in [0.5, 0.6) is 5.88 Å². The summed E-state index contributed by atoms with van der Waals surface area (Å²) in [5.41, 5.74) is 0.940. The zero-order valence-corrected chi connectivity index (χ0v) is 11.2. The Hall–Kier alpha value is -2.10. The Morgan fingerprint density at radius 2 is 1.95 bits per heavy atom. The van der Waals surface area contributed by atoms with Gasteiger partial charge in [-0.3, -0.25) is 4.79 Å². The van der Waals surface area contributed by atoms with Gasteiger partial charge in [0.25, 0.3) is 0 Å². The topological polar surface area (TPSA) is 42.4 Å². The molecule has 0 spiro atoms. The summed E-state index contributed by atoms with van der Waals surface area (Å²) in [6.45, 7) is 1.40. The van der Waals surface area contributed by atoms with Gasteiger partial charge in [-0.2, -0.15) is 0 Å². The molecule has 2 aliphatic rings. The van der Waals surface area contributed by atoms with Gasteiger partial charge in [0.1, 0.15) is 6.10 Å². The third-order valence-electron chi connectivity index (χ3n) is 3.95. The molecule has 0 N–H and O–H groups in total. The van der Waals surface area contributed by atoms with E-state index in [-0.39, 0.29) is 6.10 Å². The number of aromatic nitrogens is 1. The normalized spacial score (nSPS) is 18.9. The summed E-state index contributed by atoms with van der Waals surface area (Å²) in [5, 5.41) is 1.11. The summed E-state index contributed by atoms with van der Waals surface area (Å²) in [7, 11) is 0. The van der Waals surface area contributed by atoms with Crippen LogP contribution >= 0.6 is 0 Å². The van der Waals surface area contributed by atoms with Crippen molar-refractivity contribution in [3.05, 3.63) is 36.4 Å². The highest BCUT2D eigenvalue weighted by atomic mass is 16.5. The number of carbonyl (C=O) groups excluding carboxylic acids is 1. The predicted molar refractivity (Wildman–Crippen MR) is 75.5 cm³/mol. The number of hydrogen-bond donors (Lipinski definition) is 0. The molecule has 0 unspecified atom stereocenters. The minimum absolute atomic E-state index is 0.0892. The second-order valence-corrected chi connectivity index (χ2v) is 5.60. The summed E-state index contributed by atoms with van der Waals surface area (Å²) >= 11 is 0. The van der Waals surface area contributed by atoms with E-state index in [1.165, 1.54) is 0 Å². The zero-order chi connectivity index (χ0) is 13.5. The largest absolute Gasteiger partial charge is 0.471 e. The minimum atomic E-state index is 0.0892. The molecule has 1 saturated heterocycles. The fraction of sp³-hybridized carbons (Fsp3) is 0.375. The lowest BCUT2D eigenvalue weighted by Gasteiger charge is -2.38. The van der Waals surface area contributed by atoms with E-state index in [4.69, 9.17) is 4.74 Å². The molecule has 1 aliphatic carbocycles. The number of likely N-dealkylation sites (tertiary alicyclic amines) is 1. The maximum atomic E-state index is 11.8. The molecule has 2 aromatic rings. The molecule has 0 radical (unpaired) electrons. The van der Waals surface area contributed by atoms with Crippen LogP contribution in [0.25, 0.3) is 10.9 Å². The molecule has 20 heavy (non-hydrogen) atoms. The number of carbonyl (C=O) groups is 1. The van der Waals surface area contributed by atoms with Crippen LogP contribution in [0.3, 0.4) is 0 Å². The average Bonchev–Trinajstić information content (AvgIpc) is 3.26. The molecule has 4 nitrogen and oxygen atoms in total. The van der Waals surface area contributed by atoms with E-state index < -0.39 is 0 Å². The van der Waals surface area contributed by atoms with Gasteiger partial charge in [0.2, 0.25) is 11.8 Å². The van der Waals surface area contributed by atoms with Crippen LogP contribution in [0.2, 0.25) is 0 Å². The van der Waals surface area contributed by atoms with Gasteiger partial charge >= 0.3 is 0 Å². The van der Waals surface area contributed by atoms with Crippen LogP contribution in [0.15, 0.2) is 36.4 Å². The van der Waals surface area contributed by atoms with Crippen LogP contribution in [-0.2, 0) is 4.79 Å². The highest BCUT2D eigenvalue weighted by Gasteiger charge is 2.40. The van der Waals surface area contributed by atoms with Crippen LogP contribution < -0.4 is 4.74 Å². The highest BCUT2D eigenvalue weighted by molar-refractivity contribution is 5.82. The first-order chi connectivity index (χ1) is 9.79. The maximum Gasteiger partial charge on any atom is 0.225 e. The number of para-hydroxylation sites is 1. The van der Waals surface area contributed by atoms with Crippen LogP contribution in [0.4, 0.5) is 0 Å². The van der Waals surface area contributed by atoms with E-state index in [0.717, 1.165) is 23.7 Å². The van der Waals surface area contributed by atoms with Crippen molar-refractivity contribution in [3.8, 4) is 5.88 Å². The third kappa shape index (κ3) is 2.11. The smallest absolute Gasteiger partial charge is 0.225 e. The molecule has 1 saturated carbocycles. The van der Waals surface area contributed by atoms with Gasteiger partial charge in [-0.05, 0) is 25.0 Å². The van der Waals surface area contributed by atoms with E-state index >= 15 is 0 Å². The molecule has 2 heterocycles. The zero-order valence-electron chi connectivity index (χ0n) is 11.2. The van der Waals surface area contributed by atoms with Gasteiger partial charge < -0.3 is 9.64 Å². The number of pyridine rings is 1. The third-order valence-corrected chi connectivity index (χ3v) is 3.95. The van der Waals surface area contributed by atoms with Crippen molar-refractivity contribution >= 4 is 16.8 Å². The van der Waals surface area contributed by atoms with E-state index in [1.54, 1.807) is 0 Å². The Morgan fingerprint density at radius 1 is 1.15 bits per heavy atom. The van der Waals surface area contributed by atoms with Gasteiger partial charge in [-0.1, -0.05) is 18.2 Å². The number of ether oxygens (including phenoxy) is 1. The molecule has 1 aromatic carbocycles. The van der Waals surface area contributed by atoms with Crippen LogP contribution in [0.1, 0.15) is 12.8 Å².